The third-order valence-corrected chi connectivity index (χ3v) is 1.76. The summed E-state index contributed by atoms with van der Waals surface area (Å²) in [4.78, 5) is 0. The largest absolute Gasteiger partial charge is 0.351 e. The average Bonchev–Trinajstić information content (AvgIpc) is 2.03. The molecule has 13 heavy (non-hydrogen) atoms. The quantitative estimate of drug-likeness (QED) is 0.667. The molecule has 1 unspecified atom stereocenters. The van der Waals surface area contributed by atoms with Crippen LogP contribution in [0.15, 0.2) is 18.2 Å². The van der Waals surface area contributed by atoms with E-state index >= 15 is 0 Å². The molecule has 0 spiro atoms. The number of hydrogen-bond acceptors (Lipinski definition) is 1. The summed E-state index contributed by atoms with van der Waals surface area (Å²) < 4.78 is 25.4. The standard InChI is InChI=1S/C9H10F2N2/c10-7-3-6(4-8(11)5-7)9(13)1-2-12/h2-5,9,12H,1,13H2/p+1. The van der Waals surface area contributed by atoms with Crippen molar-refractivity contribution < 1.29 is 14.5 Å². The Labute approximate surface area is 74.9 Å². The van der Waals surface area contributed by atoms with E-state index in [9.17, 15) is 8.78 Å². The smallest absolute Gasteiger partial charge is 0.126 e. The molecule has 0 aliphatic heterocycles. The lowest BCUT2D eigenvalue weighted by Crippen LogP contribution is -2.53. The van der Waals surface area contributed by atoms with Crippen molar-refractivity contribution in [2.75, 3.05) is 0 Å². The summed E-state index contributed by atoms with van der Waals surface area (Å²) in [5, 5.41) is 6.84. The van der Waals surface area contributed by atoms with Crippen molar-refractivity contribution in [2.45, 2.75) is 12.5 Å². The molecule has 0 bridgehead atoms. The number of rotatable bonds is 3. The van der Waals surface area contributed by atoms with E-state index < -0.39 is 11.6 Å². The molecule has 2 nitrogen and oxygen atoms in total. The highest BCUT2D eigenvalue weighted by Crippen LogP contribution is 2.14. The Balaban J connectivity index is 2.93. The van der Waals surface area contributed by atoms with E-state index in [1.54, 1.807) is 0 Å². The Kier molecular flexibility index (Phi) is 3.08. The van der Waals surface area contributed by atoms with Crippen LogP contribution in [0.4, 0.5) is 8.78 Å². The van der Waals surface area contributed by atoms with E-state index in [-0.39, 0.29) is 6.04 Å². The minimum absolute atomic E-state index is 0.261. The molecule has 1 aromatic carbocycles. The topological polar surface area (TPSA) is 51.5 Å². The van der Waals surface area contributed by atoms with Crippen molar-refractivity contribution in [1.29, 1.82) is 5.41 Å². The van der Waals surface area contributed by atoms with Gasteiger partial charge in [0, 0.05) is 24.3 Å². The van der Waals surface area contributed by atoms with Gasteiger partial charge in [0.2, 0.25) is 0 Å². The highest BCUT2D eigenvalue weighted by Gasteiger charge is 2.10. The SMILES string of the molecule is N=CCC([NH3+])c1cc(F)cc(F)c1. The Hall–Kier alpha value is -1.29. The number of benzene rings is 1. The lowest BCUT2D eigenvalue weighted by molar-refractivity contribution is -0.424. The van der Waals surface area contributed by atoms with Gasteiger partial charge < -0.3 is 11.1 Å². The number of nitrogens with one attached hydrogen (secondary N) is 1. The van der Waals surface area contributed by atoms with Crippen LogP contribution >= 0.6 is 0 Å². The third-order valence-electron chi connectivity index (χ3n) is 1.76. The van der Waals surface area contributed by atoms with Gasteiger partial charge in [-0.05, 0) is 12.1 Å². The molecule has 0 saturated heterocycles. The van der Waals surface area contributed by atoms with Crippen LogP contribution in [-0.2, 0) is 0 Å². The van der Waals surface area contributed by atoms with Crippen molar-refractivity contribution in [3.8, 4) is 0 Å². The van der Waals surface area contributed by atoms with E-state index in [0.717, 1.165) is 6.07 Å². The van der Waals surface area contributed by atoms with E-state index in [1.807, 2.05) is 0 Å². The fourth-order valence-corrected chi connectivity index (χ4v) is 1.09. The van der Waals surface area contributed by atoms with Crippen molar-refractivity contribution in [3.63, 3.8) is 0 Å². The minimum atomic E-state index is -0.603. The van der Waals surface area contributed by atoms with Crippen LogP contribution in [-0.4, -0.2) is 6.21 Å². The van der Waals surface area contributed by atoms with Crippen molar-refractivity contribution in [1.82, 2.24) is 0 Å². The number of hydrogen-bond donors (Lipinski definition) is 2. The van der Waals surface area contributed by atoms with E-state index in [0.29, 0.717) is 12.0 Å². The molecule has 0 amide bonds. The molecule has 0 aliphatic rings. The van der Waals surface area contributed by atoms with Crippen LogP contribution in [0, 0.1) is 17.0 Å². The maximum atomic E-state index is 12.7. The minimum Gasteiger partial charge on any atom is -0.351 e. The number of halogens is 2. The van der Waals surface area contributed by atoms with Crippen molar-refractivity contribution >= 4 is 6.21 Å². The zero-order chi connectivity index (χ0) is 9.84. The van der Waals surface area contributed by atoms with E-state index in [1.165, 1.54) is 18.3 Å². The number of quaternary nitrogens is 1. The highest BCUT2D eigenvalue weighted by atomic mass is 19.1. The lowest BCUT2D eigenvalue weighted by Gasteiger charge is -2.05. The van der Waals surface area contributed by atoms with Crippen molar-refractivity contribution in [2.24, 2.45) is 0 Å². The predicted molar refractivity (Wildman–Crippen MR) is 45.4 cm³/mol. The predicted octanol–water partition coefficient (Wildman–Crippen LogP) is 1.29. The molecule has 0 saturated carbocycles. The molecule has 0 fully saturated rings. The van der Waals surface area contributed by atoms with Gasteiger partial charge >= 0.3 is 0 Å². The van der Waals surface area contributed by atoms with Gasteiger partial charge in [-0.15, -0.1) is 0 Å². The maximum absolute atomic E-state index is 12.7. The molecule has 0 radical (unpaired) electrons. The highest BCUT2D eigenvalue weighted by molar-refractivity contribution is 5.54. The van der Waals surface area contributed by atoms with Gasteiger partial charge in [0.1, 0.15) is 17.7 Å². The second kappa shape index (κ2) is 4.09. The van der Waals surface area contributed by atoms with Gasteiger partial charge in [0.15, 0.2) is 0 Å². The Morgan fingerprint density at radius 1 is 1.31 bits per heavy atom. The van der Waals surface area contributed by atoms with Gasteiger partial charge in [0.25, 0.3) is 0 Å². The van der Waals surface area contributed by atoms with E-state index in [2.05, 4.69) is 5.73 Å². The van der Waals surface area contributed by atoms with Gasteiger partial charge in [-0.25, -0.2) is 8.78 Å². The Morgan fingerprint density at radius 2 is 1.85 bits per heavy atom. The first kappa shape index (κ1) is 9.80. The summed E-state index contributed by atoms with van der Waals surface area (Å²) >= 11 is 0. The molecule has 0 heterocycles. The Bertz CT molecular complexity index is 292. The van der Waals surface area contributed by atoms with Crippen LogP contribution in [0.5, 0.6) is 0 Å². The molecule has 4 N–H and O–H groups in total. The van der Waals surface area contributed by atoms with Gasteiger partial charge in [-0.3, -0.25) is 0 Å². The molecule has 1 rings (SSSR count). The van der Waals surface area contributed by atoms with Gasteiger partial charge in [-0.2, -0.15) is 0 Å². The summed E-state index contributed by atoms with van der Waals surface area (Å²) in [5.74, 6) is -1.21. The van der Waals surface area contributed by atoms with E-state index in [4.69, 9.17) is 5.41 Å². The maximum Gasteiger partial charge on any atom is 0.126 e. The van der Waals surface area contributed by atoms with Crippen LogP contribution < -0.4 is 5.73 Å². The molecule has 0 aliphatic carbocycles. The fourth-order valence-electron chi connectivity index (χ4n) is 1.09. The van der Waals surface area contributed by atoms with Crippen LogP contribution in [0.2, 0.25) is 0 Å². The zero-order valence-corrected chi connectivity index (χ0v) is 7.06. The molecule has 0 aromatic heterocycles. The molecular formula is C9H11F2N2+. The summed E-state index contributed by atoms with van der Waals surface area (Å²) in [5.41, 5.74) is 4.18. The summed E-state index contributed by atoms with van der Waals surface area (Å²) in [7, 11) is 0. The normalized spacial score (nSPS) is 12.5. The molecule has 70 valence electrons. The zero-order valence-electron chi connectivity index (χ0n) is 7.06. The van der Waals surface area contributed by atoms with Crippen LogP contribution in [0.25, 0.3) is 0 Å². The monoisotopic (exact) mass is 185 g/mol. The first-order valence-corrected chi connectivity index (χ1v) is 3.91. The second-order valence-electron chi connectivity index (χ2n) is 2.84. The van der Waals surface area contributed by atoms with Crippen LogP contribution in [0.1, 0.15) is 18.0 Å². The third kappa shape index (κ3) is 2.59. The molecular weight excluding hydrogens is 174 g/mol. The lowest BCUT2D eigenvalue weighted by atomic mass is 10.1. The summed E-state index contributed by atoms with van der Waals surface area (Å²) in [6.45, 7) is 0. The molecule has 4 heteroatoms. The van der Waals surface area contributed by atoms with Gasteiger partial charge in [-0.1, -0.05) is 0 Å². The first-order chi connectivity index (χ1) is 6.13. The summed E-state index contributed by atoms with van der Waals surface area (Å²) in [6.07, 6.45) is 1.57. The molecule has 1 atom stereocenters. The van der Waals surface area contributed by atoms with Gasteiger partial charge in [0.05, 0.1) is 0 Å². The average molecular weight is 185 g/mol. The summed E-state index contributed by atoms with van der Waals surface area (Å²) in [6, 6.07) is 3.04. The molecule has 1 aromatic rings. The van der Waals surface area contributed by atoms with Crippen molar-refractivity contribution in [3.05, 3.63) is 35.4 Å². The first-order valence-electron chi connectivity index (χ1n) is 3.91. The second-order valence-corrected chi connectivity index (χ2v) is 2.84. The fraction of sp³-hybridized carbons (Fsp3) is 0.222. The van der Waals surface area contributed by atoms with Crippen LogP contribution in [0.3, 0.4) is 0 Å². The Morgan fingerprint density at radius 3 is 2.31 bits per heavy atom.